The van der Waals surface area contributed by atoms with Gasteiger partial charge in [0.25, 0.3) is 0 Å². The van der Waals surface area contributed by atoms with Crippen molar-refractivity contribution < 1.29 is 9.21 Å². The summed E-state index contributed by atoms with van der Waals surface area (Å²) < 4.78 is 5.30. The standard InChI is InChI=1S/C15H25N5O2/c1-19(12-5-3-2-4-6-12)15(21)20-9-7-11(8-10-20)13-17-18-14(16)22-13/h11-12H,2-10H2,1H3,(H2,16,18). The molecular weight excluding hydrogens is 282 g/mol. The number of rotatable bonds is 2. The van der Waals surface area contributed by atoms with Crippen LogP contribution in [0.15, 0.2) is 4.42 Å². The number of nitrogens with two attached hydrogens (primary N) is 1. The summed E-state index contributed by atoms with van der Waals surface area (Å²) in [5.41, 5.74) is 5.47. The first-order chi connectivity index (χ1) is 10.6. The molecule has 0 atom stereocenters. The van der Waals surface area contributed by atoms with Crippen LogP contribution in [0, 0.1) is 0 Å². The molecule has 0 bridgehead atoms. The highest BCUT2D eigenvalue weighted by molar-refractivity contribution is 5.74. The van der Waals surface area contributed by atoms with Gasteiger partial charge in [-0.1, -0.05) is 24.4 Å². The topological polar surface area (TPSA) is 88.5 Å². The van der Waals surface area contributed by atoms with E-state index in [0.717, 1.165) is 38.8 Å². The van der Waals surface area contributed by atoms with Gasteiger partial charge in [0.15, 0.2) is 0 Å². The van der Waals surface area contributed by atoms with E-state index in [-0.39, 0.29) is 18.0 Å². The van der Waals surface area contributed by atoms with Crippen LogP contribution in [0.2, 0.25) is 0 Å². The summed E-state index contributed by atoms with van der Waals surface area (Å²) in [5.74, 6) is 0.819. The summed E-state index contributed by atoms with van der Waals surface area (Å²) >= 11 is 0. The maximum Gasteiger partial charge on any atom is 0.319 e. The van der Waals surface area contributed by atoms with Gasteiger partial charge in [0.1, 0.15) is 0 Å². The fourth-order valence-electron chi connectivity index (χ4n) is 3.58. The van der Waals surface area contributed by atoms with E-state index in [0.29, 0.717) is 11.9 Å². The minimum atomic E-state index is 0.116. The highest BCUT2D eigenvalue weighted by Crippen LogP contribution is 2.29. The van der Waals surface area contributed by atoms with E-state index in [1.807, 2.05) is 16.8 Å². The number of likely N-dealkylation sites (tertiary alicyclic amines) is 1. The molecule has 2 N–H and O–H groups in total. The molecule has 7 nitrogen and oxygen atoms in total. The van der Waals surface area contributed by atoms with Crippen LogP contribution in [-0.4, -0.2) is 52.2 Å². The molecule has 122 valence electrons. The quantitative estimate of drug-likeness (QED) is 0.905. The number of anilines is 1. The van der Waals surface area contributed by atoms with Crippen LogP contribution < -0.4 is 5.73 Å². The second-order valence-corrected chi connectivity index (χ2v) is 6.43. The van der Waals surface area contributed by atoms with Gasteiger partial charge < -0.3 is 20.0 Å². The third-order valence-corrected chi connectivity index (χ3v) is 5.00. The highest BCUT2D eigenvalue weighted by atomic mass is 16.4. The minimum absolute atomic E-state index is 0.116. The van der Waals surface area contributed by atoms with Crippen LogP contribution in [0.1, 0.15) is 56.8 Å². The molecule has 0 radical (unpaired) electrons. The fraction of sp³-hybridized carbons (Fsp3) is 0.800. The lowest BCUT2D eigenvalue weighted by molar-refractivity contribution is 0.122. The van der Waals surface area contributed by atoms with Crippen LogP contribution in [0.5, 0.6) is 0 Å². The van der Waals surface area contributed by atoms with Crippen molar-refractivity contribution in [2.75, 3.05) is 25.9 Å². The van der Waals surface area contributed by atoms with E-state index >= 15 is 0 Å². The Bertz CT molecular complexity index is 504. The zero-order chi connectivity index (χ0) is 15.5. The minimum Gasteiger partial charge on any atom is -0.408 e. The van der Waals surface area contributed by atoms with Gasteiger partial charge in [-0.25, -0.2) is 4.79 Å². The summed E-state index contributed by atoms with van der Waals surface area (Å²) in [5, 5.41) is 7.67. The van der Waals surface area contributed by atoms with Gasteiger partial charge in [-0.3, -0.25) is 0 Å². The number of urea groups is 1. The molecule has 2 heterocycles. The molecule has 1 saturated carbocycles. The molecule has 3 rings (SSSR count). The predicted molar refractivity (Wildman–Crippen MR) is 82.3 cm³/mol. The lowest BCUT2D eigenvalue weighted by Gasteiger charge is -2.38. The molecule has 0 spiro atoms. The smallest absolute Gasteiger partial charge is 0.319 e. The monoisotopic (exact) mass is 307 g/mol. The van der Waals surface area contributed by atoms with E-state index in [4.69, 9.17) is 10.2 Å². The Balaban J connectivity index is 1.53. The fourth-order valence-corrected chi connectivity index (χ4v) is 3.58. The van der Waals surface area contributed by atoms with Gasteiger partial charge in [-0.2, -0.15) is 0 Å². The number of carbonyl (C=O) groups is 1. The van der Waals surface area contributed by atoms with Gasteiger partial charge in [0, 0.05) is 32.1 Å². The van der Waals surface area contributed by atoms with Crippen molar-refractivity contribution in [3.05, 3.63) is 5.89 Å². The summed E-state index contributed by atoms with van der Waals surface area (Å²) in [4.78, 5) is 16.5. The zero-order valence-corrected chi connectivity index (χ0v) is 13.2. The molecular formula is C15H25N5O2. The zero-order valence-electron chi connectivity index (χ0n) is 13.2. The first kappa shape index (κ1) is 15.1. The van der Waals surface area contributed by atoms with Crippen molar-refractivity contribution in [3.63, 3.8) is 0 Å². The van der Waals surface area contributed by atoms with Crippen molar-refractivity contribution in [2.24, 2.45) is 0 Å². The first-order valence-corrected chi connectivity index (χ1v) is 8.26. The third-order valence-electron chi connectivity index (χ3n) is 5.00. The van der Waals surface area contributed by atoms with Crippen LogP contribution in [-0.2, 0) is 0 Å². The molecule has 7 heteroatoms. The first-order valence-electron chi connectivity index (χ1n) is 8.26. The third kappa shape index (κ3) is 3.18. The number of nitrogen functional groups attached to an aromatic ring is 1. The van der Waals surface area contributed by atoms with Crippen LogP contribution in [0.25, 0.3) is 0 Å². The molecule has 1 aromatic rings. The SMILES string of the molecule is CN(C(=O)N1CCC(c2nnc(N)o2)CC1)C1CCCCC1. The van der Waals surface area contributed by atoms with Gasteiger partial charge in [-0.05, 0) is 25.7 Å². The van der Waals surface area contributed by atoms with Gasteiger partial charge >= 0.3 is 12.0 Å². The number of piperidine rings is 1. The Kier molecular flexibility index (Phi) is 4.49. The number of aromatic nitrogens is 2. The lowest BCUT2D eigenvalue weighted by atomic mass is 9.94. The van der Waals surface area contributed by atoms with Crippen LogP contribution in [0.3, 0.4) is 0 Å². The van der Waals surface area contributed by atoms with Gasteiger partial charge in [0.05, 0.1) is 0 Å². The maximum atomic E-state index is 12.6. The summed E-state index contributed by atoms with van der Waals surface area (Å²) in [7, 11) is 1.95. The van der Waals surface area contributed by atoms with Crippen LogP contribution >= 0.6 is 0 Å². The average molecular weight is 307 g/mol. The molecule has 2 aliphatic rings. The second kappa shape index (κ2) is 6.54. The Morgan fingerprint density at radius 3 is 2.45 bits per heavy atom. The molecule has 0 unspecified atom stereocenters. The lowest BCUT2D eigenvalue weighted by Crippen LogP contribution is -2.49. The molecule has 1 aliphatic carbocycles. The van der Waals surface area contributed by atoms with E-state index in [9.17, 15) is 4.79 Å². The van der Waals surface area contributed by atoms with E-state index in [1.54, 1.807) is 0 Å². The Morgan fingerprint density at radius 1 is 1.18 bits per heavy atom. The Hall–Kier alpha value is -1.79. The van der Waals surface area contributed by atoms with E-state index in [2.05, 4.69) is 10.2 Å². The Labute approximate surface area is 130 Å². The molecule has 0 aromatic carbocycles. The van der Waals surface area contributed by atoms with Gasteiger partial charge in [-0.15, -0.1) is 5.10 Å². The van der Waals surface area contributed by atoms with Crippen LogP contribution in [0.4, 0.5) is 10.8 Å². The number of hydrogen-bond acceptors (Lipinski definition) is 5. The van der Waals surface area contributed by atoms with Gasteiger partial charge in [0.2, 0.25) is 5.89 Å². The highest BCUT2D eigenvalue weighted by Gasteiger charge is 2.30. The number of nitrogens with zero attached hydrogens (tertiary/aromatic N) is 4. The van der Waals surface area contributed by atoms with E-state index < -0.39 is 0 Å². The molecule has 2 amide bonds. The summed E-state index contributed by atoms with van der Waals surface area (Å²) in [6.07, 6.45) is 7.76. The summed E-state index contributed by atoms with van der Waals surface area (Å²) in [6.45, 7) is 1.48. The number of carbonyl (C=O) groups excluding carboxylic acids is 1. The van der Waals surface area contributed by atoms with Crippen molar-refractivity contribution in [1.82, 2.24) is 20.0 Å². The van der Waals surface area contributed by atoms with Crippen molar-refractivity contribution in [2.45, 2.75) is 56.9 Å². The Morgan fingerprint density at radius 2 is 1.86 bits per heavy atom. The molecule has 1 aliphatic heterocycles. The maximum absolute atomic E-state index is 12.6. The van der Waals surface area contributed by atoms with Crippen molar-refractivity contribution in [1.29, 1.82) is 0 Å². The molecule has 2 fully saturated rings. The van der Waals surface area contributed by atoms with Crippen molar-refractivity contribution >= 4 is 12.0 Å². The van der Waals surface area contributed by atoms with Crippen molar-refractivity contribution in [3.8, 4) is 0 Å². The molecule has 1 saturated heterocycles. The second-order valence-electron chi connectivity index (χ2n) is 6.43. The van der Waals surface area contributed by atoms with E-state index in [1.165, 1.54) is 19.3 Å². The normalized spacial score (nSPS) is 21.0. The largest absolute Gasteiger partial charge is 0.408 e. The average Bonchev–Trinajstić information content (AvgIpc) is 3.01. The summed E-state index contributed by atoms with van der Waals surface area (Å²) in [6, 6.07) is 0.690. The molecule has 22 heavy (non-hydrogen) atoms. The predicted octanol–water partition coefficient (Wildman–Crippen LogP) is 2.22. The number of hydrogen-bond donors (Lipinski definition) is 1. The number of amides is 2. The molecule has 1 aromatic heterocycles.